The van der Waals surface area contributed by atoms with Gasteiger partial charge in [0.1, 0.15) is 0 Å². The fraction of sp³-hybridized carbons (Fsp3) is 0.364. The van der Waals surface area contributed by atoms with Crippen LogP contribution in [0.2, 0.25) is 0 Å². The molecule has 0 N–H and O–H groups in total. The van der Waals surface area contributed by atoms with Crippen molar-refractivity contribution in [1.82, 2.24) is 0 Å². The van der Waals surface area contributed by atoms with Gasteiger partial charge in [0.15, 0.2) is 5.78 Å². The molecular formula is C11H13ClO3S. The third-order valence-electron chi connectivity index (χ3n) is 2.05. The van der Waals surface area contributed by atoms with E-state index in [1.165, 1.54) is 24.3 Å². The summed E-state index contributed by atoms with van der Waals surface area (Å²) in [6, 6.07) is 5.66. The molecule has 88 valence electrons. The van der Waals surface area contributed by atoms with E-state index in [1.54, 1.807) is 0 Å². The van der Waals surface area contributed by atoms with Crippen molar-refractivity contribution in [1.29, 1.82) is 0 Å². The quantitative estimate of drug-likeness (QED) is 0.618. The van der Waals surface area contributed by atoms with Crippen molar-refractivity contribution in [3.8, 4) is 0 Å². The molecule has 1 rings (SSSR count). The van der Waals surface area contributed by atoms with Gasteiger partial charge in [-0.05, 0) is 18.1 Å². The van der Waals surface area contributed by atoms with Crippen molar-refractivity contribution >= 4 is 25.5 Å². The summed E-state index contributed by atoms with van der Waals surface area (Å²) in [6.07, 6.45) is 0.451. The van der Waals surface area contributed by atoms with Crippen molar-refractivity contribution in [3.05, 3.63) is 29.8 Å². The first kappa shape index (κ1) is 13.2. The molecule has 0 heterocycles. The van der Waals surface area contributed by atoms with Crippen LogP contribution < -0.4 is 0 Å². The van der Waals surface area contributed by atoms with Crippen molar-refractivity contribution in [2.45, 2.75) is 25.2 Å². The molecule has 0 aromatic heterocycles. The van der Waals surface area contributed by atoms with Crippen molar-refractivity contribution in [2.75, 3.05) is 0 Å². The van der Waals surface area contributed by atoms with Crippen LogP contribution in [0.3, 0.4) is 0 Å². The van der Waals surface area contributed by atoms with Gasteiger partial charge in [0.05, 0.1) is 4.90 Å². The van der Waals surface area contributed by atoms with Gasteiger partial charge in [0.2, 0.25) is 0 Å². The molecule has 1 aromatic carbocycles. The van der Waals surface area contributed by atoms with Gasteiger partial charge in [-0.2, -0.15) is 0 Å². The molecule has 0 saturated heterocycles. The number of hydrogen-bond acceptors (Lipinski definition) is 3. The first-order chi connectivity index (χ1) is 7.30. The monoisotopic (exact) mass is 260 g/mol. The zero-order chi connectivity index (χ0) is 12.3. The number of carbonyl (C=O) groups is 1. The fourth-order valence-corrected chi connectivity index (χ4v) is 2.06. The van der Waals surface area contributed by atoms with Gasteiger partial charge in [0, 0.05) is 22.7 Å². The molecule has 0 aliphatic carbocycles. The Morgan fingerprint density at radius 2 is 1.75 bits per heavy atom. The Morgan fingerprint density at radius 3 is 2.12 bits per heavy atom. The second kappa shape index (κ2) is 4.97. The largest absolute Gasteiger partial charge is 0.294 e. The molecule has 1 aromatic rings. The Kier molecular flexibility index (Phi) is 4.10. The summed E-state index contributed by atoms with van der Waals surface area (Å²) in [5, 5.41) is 0. The third-order valence-corrected chi connectivity index (χ3v) is 3.42. The molecule has 5 heteroatoms. The van der Waals surface area contributed by atoms with E-state index >= 15 is 0 Å². The first-order valence-electron chi connectivity index (χ1n) is 4.88. The van der Waals surface area contributed by atoms with Crippen LogP contribution in [0.25, 0.3) is 0 Å². The minimum Gasteiger partial charge on any atom is -0.294 e. The second-order valence-electron chi connectivity index (χ2n) is 3.98. The minimum atomic E-state index is -3.71. The van der Waals surface area contributed by atoms with Crippen molar-refractivity contribution in [2.24, 2.45) is 5.92 Å². The Balaban J connectivity index is 2.92. The molecule has 0 fully saturated rings. The van der Waals surface area contributed by atoms with E-state index in [2.05, 4.69) is 0 Å². The summed E-state index contributed by atoms with van der Waals surface area (Å²) < 4.78 is 21.9. The highest BCUT2D eigenvalue weighted by Gasteiger charge is 2.12. The molecule has 0 aliphatic heterocycles. The van der Waals surface area contributed by atoms with E-state index in [0.29, 0.717) is 12.0 Å². The number of benzene rings is 1. The van der Waals surface area contributed by atoms with Crippen molar-refractivity contribution in [3.63, 3.8) is 0 Å². The molecule has 0 saturated carbocycles. The second-order valence-corrected chi connectivity index (χ2v) is 6.55. The number of hydrogen-bond donors (Lipinski definition) is 0. The first-order valence-corrected chi connectivity index (χ1v) is 7.19. The minimum absolute atomic E-state index is 0.00789. The van der Waals surface area contributed by atoms with E-state index in [9.17, 15) is 13.2 Å². The van der Waals surface area contributed by atoms with Crippen LogP contribution in [0.15, 0.2) is 29.2 Å². The molecule has 0 unspecified atom stereocenters. The highest BCUT2D eigenvalue weighted by atomic mass is 35.7. The molecule has 0 amide bonds. The van der Waals surface area contributed by atoms with Gasteiger partial charge in [-0.3, -0.25) is 4.79 Å². The molecule has 0 atom stereocenters. The average Bonchev–Trinajstić information content (AvgIpc) is 2.15. The fourth-order valence-electron chi connectivity index (χ4n) is 1.29. The number of halogens is 1. The Labute approximate surface area is 99.9 Å². The summed E-state index contributed by atoms with van der Waals surface area (Å²) >= 11 is 0. The Bertz CT molecular complexity index is 474. The molecule has 0 radical (unpaired) electrons. The van der Waals surface area contributed by atoms with Crippen LogP contribution in [0.1, 0.15) is 30.6 Å². The SMILES string of the molecule is CC(C)CC(=O)c1ccc(S(=O)(=O)Cl)cc1. The van der Waals surface area contributed by atoms with E-state index < -0.39 is 9.05 Å². The lowest BCUT2D eigenvalue weighted by molar-refractivity contribution is 0.0968. The topological polar surface area (TPSA) is 51.2 Å². The average molecular weight is 261 g/mol. The van der Waals surface area contributed by atoms with Crippen LogP contribution in [0, 0.1) is 5.92 Å². The highest BCUT2D eigenvalue weighted by Crippen LogP contribution is 2.17. The molecule has 0 spiro atoms. The lowest BCUT2D eigenvalue weighted by Crippen LogP contribution is -2.03. The number of ketones is 1. The van der Waals surface area contributed by atoms with Crippen LogP contribution >= 0.6 is 10.7 Å². The normalized spacial score (nSPS) is 11.8. The highest BCUT2D eigenvalue weighted by molar-refractivity contribution is 8.13. The van der Waals surface area contributed by atoms with Gasteiger partial charge < -0.3 is 0 Å². The Hall–Kier alpha value is -0.870. The Morgan fingerprint density at radius 1 is 1.25 bits per heavy atom. The number of rotatable bonds is 4. The predicted molar refractivity (Wildman–Crippen MR) is 63.3 cm³/mol. The molecule has 0 aliphatic rings. The van der Waals surface area contributed by atoms with E-state index in [0.717, 1.165) is 0 Å². The zero-order valence-corrected chi connectivity index (χ0v) is 10.7. The van der Waals surface area contributed by atoms with Crippen LogP contribution in [-0.4, -0.2) is 14.2 Å². The van der Waals surface area contributed by atoms with Gasteiger partial charge in [0.25, 0.3) is 9.05 Å². The third kappa shape index (κ3) is 3.61. The standard InChI is InChI=1S/C11H13ClO3S/c1-8(2)7-11(13)9-3-5-10(6-4-9)16(12,14)15/h3-6,8H,7H2,1-2H3. The number of carbonyl (C=O) groups excluding carboxylic acids is 1. The van der Waals surface area contributed by atoms with Crippen LogP contribution in [0.5, 0.6) is 0 Å². The lowest BCUT2D eigenvalue weighted by Gasteiger charge is -2.04. The maximum Gasteiger partial charge on any atom is 0.261 e. The summed E-state index contributed by atoms with van der Waals surface area (Å²) in [5.74, 6) is 0.289. The molecule has 0 bridgehead atoms. The number of Topliss-reactive ketones (excluding diaryl/α,β-unsaturated/α-hetero) is 1. The maximum atomic E-state index is 11.6. The van der Waals surface area contributed by atoms with Crippen LogP contribution in [0.4, 0.5) is 0 Å². The summed E-state index contributed by atoms with van der Waals surface area (Å²) in [7, 11) is 1.45. The lowest BCUT2D eigenvalue weighted by atomic mass is 10.0. The summed E-state index contributed by atoms with van der Waals surface area (Å²) in [5.41, 5.74) is 0.512. The van der Waals surface area contributed by atoms with Gasteiger partial charge in [-0.1, -0.05) is 26.0 Å². The smallest absolute Gasteiger partial charge is 0.261 e. The molecular weight excluding hydrogens is 248 g/mol. The molecule has 16 heavy (non-hydrogen) atoms. The van der Waals surface area contributed by atoms with E-state index in [-0.39, 0.29) is 16.6 Å². The molecule has 3 nitrogen and oxygen atoms in total. The van der Waals surface area contributed by atoms with Gasteiger partial charge in [-0.25, -0.2) is 8.42 Å². The van der Waals surface area contributed by atoms with E-state index in [4.69, 9.17) is 10.7 Å². The van der Waals surface area contributed by atoms with Gasteiger partial charge in [-0.15, -0.1) is 0 Å². The summed E-state index contributed by atoms with van der Waals surface area (Å²) in [4.78, 5) is 11.6. The summed E-state index contributed by atoms with van der Waals surface area (Å²) in [6.45, 7) is 3.91. The van der Waals surface area contributed by atoms with Crippen LogP contribution in [-0.2, 0) is 9.05 Å². The zero-order valence-electron chi connectivity index (χ0n) is 9.10. The maximum absolute atomic E-state index is 11.6. The van der Waals surface area contributed by atoms with Gasteiger partial charge >= 0.3 is 0 Å². The predicted octanol–water partition coefficient (Wildman–Crippen LogP) is 2.84. The van der Waals surface area contributed by atoms with E-state index in [1.807, 2.05) is 13.8 Å². The van der Waals surface area contributed by atoms with Crippen molar-refractivity contribution < 1.29 is 13.2 Å².